The smallest absolute Gasteiger partial charge is 0.317 e. The van der Waals surface area contributed by atoms with Gasteiger partial charge in [-0.15, -0.1) is 0 Å². The van der Waals surface area contributed by atoms with E-state index in [9.17, 15) is 4.79 Å². The van der Waals surface area contributed by atoms with Gasteiger partial charge < -0.3 is 19.5 Å². The number of benzene rings is 1. The number of carbonyl (C=O) groups is 1. The number of hydrogen-bond acceptors (Lipinski definition) is 2. The van der Waals surface area contributed by atoms with Crippen molar-refractivity contribution in [3.05, 3.63) is 35.5 Å². The Morgan fingerprint density at radius 3 is 3.00 bits per heavy atom. The van der Waals surface area contributed by atoms with E-state index < -0.39 is 0 Å². The van der Waals surface area contributed by atoms with Crippen molar-refractivity contribution in [2.24, 2.45) is 5.92 Å². The first-order valence-corrected chi connectivity index (χ1v) is 9.86. The van der Waals surface area contributed by atoms with Gasteiger partial charge in [-0.05, 0) is 42.4 Å². The zero-order valence-electron chi connectivity index (χ0n) is 15.8. The van der Waals surface area contributed by atoms with Crippen molar-refractivity contribution in [1.82, 2.24) is 14.8 Å². The first kappa shape index (κ1) is 17.4. The van der Waals surface area contributed by atoms with Crippen LogP contribution in [0.15, 0.2) is 24.4 Å². The highest BCUT2D eigenvalue weighted by molar-refractivity contribution is 5.88. The molecule has 5 nitrogen and oxygen atoms in total. The third-order valence-electron chi connectivity index (χ3n) is 5.44. The highest BCUT2D eigenvalue weighted by Gasteiger charge is 2.23. The van der Waals surface area contributed by atoms with Crippen molar-refractivity contribution in [1.29, 1.82) is 0 Å². The number of hydrogen-bond donors (Lipinski definition) is 1. The van der Waals surface area contributed by atoms with E-state index in [1.165, 1.54) is 22.0 Å². The summed E-state index contributed by atoms with van der Waals surface area (Å²) in [7, 11) is 0. The molecule has 0 aliphatic carbocycles. The van der Waals surface area contributed by atoms with Gasteiger partial charge in [0.2, 0.25) is 0 Å². The number of nitrogens with zero attached hydrogens (tertiary/aromatic N) is 2. The summed E-state index contributed by atoms with van der Waals surface area (Å²) in [5.41, 5.74) is 3.92. The lowest BCUT2D eigenvalue weighted by Crippen LogP contribution is -2.42. The first-order valence-electron chi connectivity index (χ1n) is 9.86. The predicted molar refractivity (Wildman–Crippen MR) is 103 cm³/mol. The molecule has 1 unspecified atom stereocenters. The van der Waals surface area contributed by atoms with Crippen LogP contribution in [0.25, 0.3) is 10.9 Å². The van der Waals surface area contributed by atoms with Gasteiger partial charge in [0, 0.05) is 49.9 Å². The molecule has 3 heterocycles. The van der Waals surface area contributed by atoms with Crippen molar-refractivity contribution in [3.63, 3.8) is 0 Å². The SMILES string of the molecule is CC(C)Cn1cc2c3c(cccc31)CN(C(=O)NCC1CCCO1)CC2. The van der Waals surface area contributed by atoms with Crippen molar-refractivity contribution in [2.45, 2.75) is 52.3 Å². The second-order valence-corrected chi connectivity index (χ2v) is 8.00. The van der Waals surface area contributed by atoms with Crippen molar-refractivity contribution in [3.8, 4) is 0 Å². The van der Waals surface area contributed by atoms with Crippen LogP contribution in [-0.4, -0.2) is 41.3 Å². The molecule has 0 bridgehead atoms. The van der Waals surface area contributed by atoms with Gasteiger partial charge in [-0.25, -0.2) is 4.79 Å². The third-order valence-corrected chi connectivity index (χ3v) is 5.44. The van der Waals surface area contributed by atoms with E-state index in [4.69, 9.17) is 4.74 Å². The Kier molecular flexibility index (Phi) is 4.90. The maximum Gasteiger partial charge on any atom is 0.317 e. The van der Waals surface area contributed by atoms with Gasteiger partial charge in [-0.1, -0.05) is 26.0 Å². The van der Waals surface area contributed by atoms with E-state index in [0.717, 1.165) is 39.0 Å². The highest BCUT2D eigenvalue weighted by Crippen LogP contribution is 2.30. The fourth-order valence-corrected chi connectivity index (χ4v) is 4.22. The molecular formula is C21H29N3O2. The van der Waals surface area contributed by atoms with Crippen molar-refractivity contribution in [2.75, 3.05) is 19.7 Å². The predicted octanol–water partition coefficient (Wildman–Crippen LogP) is 3.54. The molecule has 1 saturated heterocycles. The Morgan fingerprint density at radius 1 is 1.35 bits per heavy atom. The minimum absolute atomic E-state index is 0.0257. The van der Waals surface area contributed by atoms with Crippen molar-refractivity contribution >= 4 is 16.9 Å². The molecule has 1 aromatic heterocycles. The second kappa shape index (κ2) is 7.31. The maximum absolute atomic E-state index is 12.7. The van der Waals surface area contributed by atoms with E-state index in [1.807, 2.05) is 4.90 Å². The standard InChI is InChI=1S/C21H29N3O2/c1-15(2)12-24-14-17-8-9-23(13-16-5-3-7-19(24)20(16)17)21(25)22-11-18-6-4-10-26-18/h3,5,7,14-15,18H,4,6,8-13H2,1-2H3,(H,22,25). The van der Waals surface area contributed by atoms with E-state index >= 15 is 0 Å². The summed E-state index contributed by atoms with van der Waals surface area (Å²) in [6, 6.07) is 6.51. The molecule has 1 atom stereocenters. The monoisotopic (exact) mass is 355 g/mol. The molecule has 2 amide bonds. The summed E-state index contributed by atoms with van der Waals surface area (Å²) in [5.74, 6) is 0.616. The fourth-order valence-electron chi connectivity index (χ4n) is 4.22. The van der Waals surface area contributed by atoms with Gasteiger partial charge in [0.25, 0.3) is 0 Å². The number of rotatable bonds is 4. The zero-order valence-corrected chi connectivity index (χ0v) is 15.8. The number of carbonyl (C=O) groups excluding carboxylic acids is 1. The summed E-state index contributed by atoms with van der Waals surface area (Å²) < 4.78 is 7.99. The Bertz CT molecular complexity index is 790. The Hall–Kier alpha value is -2.01. The van der Waals surface area contributed by atoms with Crippen LogP contribution >= 0.6 is 0 Å². The molecule has 2 aliphatic rings. The summed E-state index contributed by atoms with van der Waals surface area (Å²) in [5, 5.41) is 4.42. The number of aromatic nitrogens is 1. The largest absolute Gasteiger partial charge is 0.376 e. The van der Waals surface area contributed by atoms with Crippen LogP contribution < -0.4 is 5.32 Å². The van der Waals surface area contributed by atoms with E-state index in [2.05, 4.69) is 48.1 Å². The normalized spacial score (nSPS) is 20.0. The van der Waals surface area contributed by atoms with Gasteiger partial charge in [-0.3, -0.25) is 0 Å². The van der Waals surface area contributed by atoms with Crippen molar-refractivity contribution < 1.29 is 9.53 Å². The molecule has 0 saturated carbocycles. The molecule has 1 aromatic carbocycles. The van der Waals surface area contributed by atoms with Crippen LogP contribution in [-0.2, 0) is 24.2 Å². The zero-order chi connectivity index (χ0) is 18.1. The number of urea groups is 1. The molecule has 26 heavy (non-hydrogen) atoms. The van der Waals surface area contributed by atoms with E-state index in [1.54, 1.807) is 0 Å². The van der Waals surface area contributed by atoms with E-state index in [0.29, 0.717) is 19.0 Å². The average Bonchev–Trinajstić information content (AvgIpc) is 3.20. The Morgan fingerprint density at radius 2 is 2.23 bits per heavy atom. The van der Waals surface area contributed by atoms with Gasteiger partial charge in [0.1, 0.15) is 0 Å². The highest BCUT2D eigenvalue weighted by atomic mass is 16.5. The quantitative estimate of drug-likeness (QED) is 0.912. The fraction of sp³-hybridized carbons (Fsp3) is 0.571. The molecule has 1 N–H and O–H groups in total. The minimum atomic E-state index is 0.0257. The maximum atomic E-state index is 12.7. The summed E-state index contributed by atoms with van der Waals surface area (Å²) in [4.78, 5) is 14.6. The van der Waals surface area contributed by atoms with Crippen LogP contribution in [0.4, 0.5) is 4.79 Å². The minimum Gasteiger partial charge on any atom is -0.376 e. The van der Waals surface area contributed by atoms with Crippen LogP contribution in [0.3, 0.4) is 0 Å². The molecule has 4 rings (SSSR count). The van der Waals surface area contributed by atoms with Gasteiger partial charge in [-0.2, -0.15) is 0 Å². The number of amides is 2. The number of ether oxygens (including phenoxy) is 1. The molecular weight excluding hydrogens is 326 g/mol. The molecule has 1 fully saturated rings. The lowest BCUT2D eigenvalue weighted by atomic mass is 10.1. The van der Waals surface area contributed by atoms with Crippen LogP contribution in [0, 0.1) is 5.92 Å². The summed E-state index contributed by atoms with van der Waals surface area (Å²) >= 11 is 0. The Labute approximate surface area is 155 Å². The second-order valence-electron chi connectivity index (χ2n) is 8.00. The molecule has 140 valence electrons. The van der Waals surface area contributed by atoms with Crippen LogP contribution in [0.1, 0.15) is 37.8 Å². The molecule has 0 spiro atoms. The van der Waals surface area contributed by atoms with Crippen LogP contribution in [0.5, 0.6) is 0 Å². The van der Waals surface area contributed by atoms with E-state index in [-0.39, 0.29) is 12.1 Å². The topological polar surface area (TPSA) is 46.5 Å². The molecule has 0 radical (unpaired) electrons. The van der Waals surface area contributed by atoms with Crippen LogP contribution in [0.2, 0.25) is 0 Å². The third kappa shape index (κ3) is 3.45. The lowest BCUT2D eigenvalue weighted by molar-refractivity contribution is 0.108. The summed E-state index contributed by atoms with van der Waals surface area (Å²) in [6.45, 7) is 8.41. The first-order chi connectivity index (χ1) is 12.6. The molecule has 2 aliphatic heterocycles. The average molecular weight is 355 g/mol. The summed E-state index contributed by atoms with van der Waals surface area (Å²) in [6.07, 6.45) is 5.53. The lowest BCUT2D eigenvalue weighted by Gasteiger charge is -2.23. The molecule has 5 heteroatoms. The number of nitrogens with one attached hydrogen (secondary N) is 1. The van der Waals surface area contributed by atoms with Gasteiger partial charge in [0.15, 0.2) is 0 Å². The van der Waals surface area contributed by atoms with Gasteiger partial charge >= 0.3 is 6.03 Å². The van der Waals surface area contributed by atoms with Gasteiger partial charge in [0.05, 0.1) is 6.10 Å². The Balaban J connectivity index is 1.51. The molecule has 2 aromatic rings.